The van der Waals surface area contributed by atoms with Gasteiger partial charge in [0.05, 0.1) is 32.2 Å². The smallest absolute Gasteiger partial charge is 0.409 e. The van der Waals surface area contributed by atoms with Crippen LogP contribution in [0.2, 0.25) is 0 Å². The van der Waals surface area contributed by atoms with Gasteiger partial charge in [-0.3, -0.25) is 19.2 Å². The van der Waals surface area contributed by atoms with Crippen molar-refractivity contribution in [3.05, 3.63) is 35.9 Å². The fourth-order valence-electron chi connectivity index (χ4n) is 3.57. The fourth-order valence-corrected chi connectivity index (χ4v) is 3.57. The topological polar surface area (TPSA) is 134 Å². The highest BCUT2D eigenvalue weighted by atomic mass is 16.6. The van der Waals surface area contributed by atoms with E-state index in [4.69, 9.17) is 9.47 Å². The van der Waals surface area contributed by atoms with Crippen LogP contribution in [0.1, 0.15) is 44.7 Å². The van der Waals surface area contributed by atoms with Crippen molar-refractivity contribution >= 4 is 29.8 Å². The predicted molar refractivity (Wildman–Crippen MR) is 126 cm³/mol. The molecular formula is C24H34N4O7. The number of piperazine rings is 1. The van der Waals surface area contributed by atoms with Gasteiger partial charge >= 0.3 is 12.1 Å². The van der Waals surface area contributed by atoms with Crippen molar-refractivity contribution in [1.29, 1.82) is 0 Å². The normalized spacial score (nSPS) is 14.0. The van der Waals surface area contributed by atoms with E-state index in [-0.39, 0.29) is 38.3 Å². The molecule has 0 saturated carbocycles. The van der Waals surface area contributed by atoms with Crippen LogP contribution in [0, 0.1) is 0 Å². The van der Waals surface area contributed by atoms with Crippen molar-refractivity contribution in [2.45, 2.75) is 39.2 Å². The van der Waals surface area contributed by atoms with Gasteiger partial charge in [0.2, 0.25) is 17.7 Å². The van der Waals surface area contributed by atoms with Crippen molar-refractivity contribution in [3.63, 3.8) is 0 Å². The van der Waals surface area contributed by atoms with E-state index in [0.717, 1.165) is 5.56 Å². The summed E-state index contributed by atoms with van der Waals surface area (Å²) in [7, 11) is 0. The molecule has 1 aromatic carbocycles. The molecule has 35 heavy (non-hydrogen) atoms. The Morgan fingerprint density at radius 3 is 2.11 bits per heavy atom. The SMILES string of the molecule is CCOC(=O)CC(NC(=O)CNC(=O)CCC(=O)N1CCN(C(=O)OCC)CC1)c1ccccc1. The number of benzene rings is 1. The molecule has 1 fully saturated rings. The van der Waals surface area contributed by atoms with Crippen LogP contribution in [0.4, 0.5) is 4.79 Å². The maximum Gasteiger partial charge on any atom is 0.409 e. The van der Waals surface area contributed by atoms with E-state index < -0.39 is 29.9 Å². The third-order valence-electron chi connectivity index (χ3n) is 5.38. The number of esters is 1. The summed E-state index contributed by atoms with van der Waals surface area (Å²) in [4.78, 5) is 63.8. The van der Waals surface area contributed by atoms with Crippen molar-refractivity contribution in [1.82, 2.24) is 20.4 Å². The maximum absolute atomic E-state index is 12.4. The molecule has 11 nitrogen and oxygen atoms in total. The van der Waals surface area contributed by atoms with E-state index in [1.165, 1.54) is 0 Å². The van der Waals surface area contributed by atoms with Gasteiger partial charge < -0.3 is 29.9 Å². The quantitative estimate of drug-likeness (QED) is 0.442. The van der Waals surface area contributed by atoms with Gasteiger partial charge in [0.15, 0.2) is 0 Å². The molecular weight excluding hydrogens is 456 g/mol. The zero-order valence-corrected chi connectivity index (χ0v) is 20.3. The first kappa shape index (κ1) is 27.6. The van der Waals surface area contributed by atoms with Crippen LogP contribution in [0.3, 0.4) is 0 Å². The lowest BCUT2D eigenvalue weighted by molar-refractivity contribution is -0.144. The van der Waals surface area contributed by atoms with Crippen LogP contribution in [0.5, 0.6) is 0 Å². The molecule has 11 heteroatoms. The first-order chi connectivity index (χ1) is 16.8. The average Bonchev–Trinajstić information content (AvgIpc) is 2.86. The lowest BCUT2D eigenvalue weighted by Crippen LogP contribution is -2.50. The lowest BCUT2D eigenvalue weighted by Gasteiger charge is -2.34. The molecule has 0 aliphatic carbocycles. The highest BCUT2D eigenvalue weighted by molar-refractivity contribution is 5.87. The monoisotopic (exact) mass is 490 g/mol. The van der Waals surface area contributed by atoms with E-state index in [1.54, 1.807) is 47.9 Å². The number of carbonyl (C=O) groups excluding carboxylic acids is 5. The maximum atomic E-state index is 12.4. The summed E-state index contributed by atoms with van der Waals surface area (Å²) in [6.07, 6.45) is -0.485. The fraction of sp³-hybridized carbons (Fsp3) is 0.542. The number of nitrogens with one attached hydrogen (secondary N) is 2. The molecule has 1 atom stereocenters. The van der Waals surface area contributed by atoms with E-state index in [2.05, 4.69) is 10.6 Å². The first-order valence-electron chi connectivity index (χ1n) is 11.8. The van der Waals surface area contributed by atoms with E-state index in [0.29, 0.717) is 32.8 Å². The van der Waals surface area contributed by atoms with Crippen LogP contribution in [0.15, 0.2) is 30.3 Å². The van der Waals surface area contributed by atoms with Gasteiger partial charge in [-0.05, 0) is 19.4 Å². The Hall–Kier alpha value is -3.63. The van der Waals surface area contributed by atoms with E-state index in [1.807, 2.05) is 6.07 Å². The van der Waals surface area contributed by atoms with Crippen molar-refractivity contribution in [2.75, 3.05) is 45.9 Å². The number of rotatable bonds is 11. The van der Waals surface area contributed by atoms with Crippen LogP contribution in [-0.4, -0.2) is 85.5 Å². The van der Waals surface area contributed by atoms with Crippen molar-refractivity contribution in [3.8, 4) is 0 Å². The number of ether oxygens (including phenoxy) is 2. The second-order valence-electron chi connectivity index (χ2n) is 7.88. The standard InChI is InChI=1S/C24H34N4O7/c1-3-34-23(32)16-19(18-8-6-5-7-9-18)26-21(30)17-25-20(29)10-11-22(31)27-12-14-28(15-13-27)24(33)35-4-2/h5-9,19H,3-4,10-17H2,1-2H3,(H,25,29)(H,26,30). The number of carbonyl (C=O) groups is 5. The summed E-state index contributed by atoms with van der Waals surface area (Å²) in [5.74, 6) is -1.52. The van der Waals surface area contributed by atoms with Crippen molar-refractivity contribution < 1.29 is 33.4 Å². The summed E-state index contributed by atoms with van der Waals surface area (Å²) in [5, 5.41) is 5.25. The van der Waals surface area contributed by atoms with Gasteiger partial charge in [0.25, 0.3) is 0 Å². The second kappa shape index (κ2) is 14.6. The average molecular weight is 491 g/mol. The van der Waals surface area contributed by atoms with E-state index >= 15 is 0 Å². The number of hydrogen-bond acceptors (Lipinski definition) is 7. The molecule has 0 spiro atoms. The minimum absolute atomic E-state index is 0.00234. The minimum Gasteiger partial charge on any atom is -0.466 e. The molecule has 1 aliphatic rings. The molecule has 0 radical (unpaired) electrons. The largest absolute Gasteiger partial charge is 0.466 e. The Morgan fingerprint density at radius 1 is 0.857 bits per heavy atom. The van der Waals surface area contributed by atoms with Gasteiger partial charge in [-0.25, -0.2) is 4.79 Å². The predicted octanol–water partition coefficient (Wildman–Crippen LogP) is 0.994. The van der Waals surface area contributed by atoms with Crippen molar-refractivity contribution in [2.24, 2.45) is 0 Å². The summed E-state index contributed by atoms with van der Waals surface area (Å²) in [5.41, 5.74) is 0.744. The Bertz CT molecular complexity index is 870. The molecule has 4 amide bonds. The van der Waals surface area contributed by atoms with Gasteiger partial charge in [-0.15, -0.1) is 0 Å². The third kappa shape index (κ3) is 9.63. The van der Waals surface area contributed by atoms with Gasteiger partial charge in [0, 0.05) is 39.0 Å². The zero-order valence-electron chi connectivity index (χ0n) is 20.3. The molecule has 1 unspecified atom stereocenters. The highest BCUT2D eigenvalue weighted by Crippen LogP contribution is 2.17. The molecule has 0 bridgehead atoms. The summed E-state index contributed by atoms with van der Waals surface area (Å²) in [6.45, 7) is 5.21. The molecule has 2 N–H and O–H groups in total. The minimum atomic E-state index is -0.588. The molecule has 0 aromatic heterocycles. The van der Waals surface area contributed by atoms with Gasteiger partial charge in [-0.2, -0.15) is 0 Å². The van der Waals surface area contributed by atoms with Crippen LogP contribution in [-0.2, 0) is 28.7 Å². The molecule has 2 rings (SSSR count). The summed E-state index contributed by atoms with van der Waals surface area (Å²) < 4.78 is 9.94. The number of hydrogen-bond donors (Lipinski definition) is 2. The summed E-state index contributed by atoms with van der Waals surface area (Å²) in [6, 6.07) is 8.43. The Morgan fingerprint density at radius 2 is 1.49 bits per heavy atom. The Labute approximate surface area is 205 Å². The van der Waals surface area contributed by atoms with E-state index in [9.17, 15) is 24.0 Å². The lowest BCUT2D eigenvalue weighted by atomic mass is 10.0. The number of amides is 4. The van der Waals surface area contributed by atoms with Gasteiger partial charge in [0.1, 0.15) is 0 Å². The Balaban J connectivity index is 1.73. The van der Waals surface area contributed by atoms with Crippen LogP contribution in [0.25, 0.3) is 0 Å². The zero-order chi connectivity index (χ0) is 25.6. The number of nitrogens with zero attached hydrogens (tertiary/aromatic N) is 2. The molecule has 192 valence electrons. The molecule has 1 heterocycles. The molecule has 1 saturated heterocycles. The summed E-state index contributed by atoms with van der Waals surface area (Å²) >= 11 is 0. The second-order valence-corrected chi connectivity index (χ2v) is 7.88. The third-order valence-corrected chi connectivity index (χ3v) is 5.38. The first-order valence-corrected chi connectivity index (χ1v) is 11.8. The Kier molecular flexibility index (Phi) is 11.5. The molecule has 1 aromatic rings. The van der Waals surface area contributed by atoms with Gasteiger partial charge in [-0.1, -0.05) is 30.3 Å². The van der Waals surface area contributed by atoms with Crippen LogP contribution < -0.4 is 10.6 Å². The van der Waals surface area contributed by atoms with Crippen LogP contribution >= 0.6 is 0 Å². The highest BCUT2D eigenvalue weighted by Gasteiger charge is 2.25. The molecule has 1 aliphatic heterocycles.